The van der Waals surface area contributed by atoms with Crippen LogP contribution in [0.4, 0.5) is 8.78 Å². The predicted octanol–water partition coefficient (Wildman–Crippen LogP) is 2.48. The highest BCUT2D eigenvalue weighted by Gasteiger charge is 2.30. The van der Waals surface area contributed by atoms with Crippen LogP contribution >= 0.6 is 0 Å². The van der Waals surface area contributed by atoms with E-state index in [0.29, 0.717) is 19.0 Å². The maximum absolute atomic E-state index is 13.6. The minimum Gasteiger partial charge on any atom is -0.338 e. The smallest absolute Gasteiger partial charge is 0.223 e. The Kier molecular flexibility index (Phi) is 5.28. The van der Waals surface area contributed by atoms with Crippen molar-refractivity contribution in [3.63, 3.8) is 0 Å². The third kappa shape index (κ3) is 3.79. The minimum absolute atomic E-state index is 0.0272. The largest absolute Gasteiger partial charge is 0.338 e. The van der Waals surface area contributed by atoms with Gasteiger partial charge in [-0.15, -0.1) is 0 Å². The summed E-state index contributed by atoms with van der Waals surface area (Å²) < 4.78 is 26.7. The van der Waals surface area contributed by atoms with Crippen LogP contribution in [0.1, 0.15) is 31.7 Å². The zero-order chi connectivity index (χ0) is 15.4. The van der Waals surface area contributed by atoms with Crippen LogP contribution in [0.2, 0.25) is 0 Å². The molecule has 0 aromatic heterocycles. The third-order valence-corrected chi connectivity index (χ3v) is 4.29. The van der Waals surface area contributed by atoms with E-state index in [4.69, 9.17) is 5.73 Å². The van der Waals surface area contributed by atoms with E-state index >= 15 is 0 Å². The molecule has 2 N–H and O–H groups in total. The van der Waals surface area contributed by atoms with Gasteiger partial charge in [-0.25, -0.2) is 8.78 Å². The highest BCUT2D eigenvalue weighted by molar-refractivity contribution is 5.77. The molecule has 1 fully saturated rings. The topological polar surface area (TPSA) is 46.3 Å². The molecule has 1 saturated heterocycles. The van der Waals surface area contributed by atoms with Crippen molar-refractivity contribution in [3.05, 3.63) is 35.4 Å². The monoisotopic (exact) mass is 296 g/mol. The van der Waals surface area contributed by atoms with Gasteiger partial charge in [0.1, 0.15) is 11.6 Å². The number of halogens is 2. The second-order valence-corrected chi connectivity index (χ2v) is 5.75. The number of nitrogens with two attached hydrogens (primary N) is 1. The Bertz CT molecular complexity index is 507. The van der Waals surface area contributed by atoms with Crippen LogP contribution in [0.15, 0.2) is 18.2 Å². The first kappa shape index (κ1) is 15.9. The summed E-state index contributed by atoms with van der Waals surface area (Å²) >= 11 is 0. The molecule has 0 radical (unpaired) electrons. The summed E-state index contributed by atoms with van der Waals surface area (Å²) in [6.07, 6.45) is 2.44. The fourth-order valence-electron chi connectivity index (χ4n) is 3.04. The summed E-state index contributed by atoms with van der Waals surface area (Å²) in [5.41, 5.74) is 6.02. The fourth-order valence-corrected chi connectivity index (χ4v) is 3.04. The molecule has 1 aromatic carbocycles. The number of hydrogen-bond donors (Lipinski definition) is 1. The molecule has 0 aliphatic carbocycles. The van der Waals surface area contributed by atoms with Crippen molar-refractivity contribution in [3.8, 4) is 0 Å². The normalized spacial score (nSPS) is 22.4. The molecule has 1 aliphatic heterocycles. The Morgan fingerprint density at radius 1 is 1.43 bits per heavy atom. The summed E-state index contributed by atoms with van der Waals surface area (Å²) in [6, 6.07) is 3.39. The van der Waals surface area contributed by atoms with Gasteiger partial charge in [-0.05, 0) is 48.9 Å². The molecule has 0 spiro atoms. The number of nitrogens with zero attached hydrogens (tertiary/aromatic N) is 1. The first-order valence-corrected chi connectivity index (χ1v) is 7.46. The molecule has 0 bridgehead atoms. The molecule has 116 valence electrons. The van der Waals surface area contributed by atoms with Crippen molar-refractivity contribution in [1.82, 2.24) is 4.90 Å². The van der Waals surface area contributed by atoms with Crippen molar-refractivity contribution in [2.45, 2.75) is 38.6 Å². The Morgan fingerprint density at radius 3 is 2.90 bits per heavy atom. The highest BCUT2D eigenvalue weighted by atomic mass is 19.1. The van der Waals surface area contributed by atoms with Crippen molar-refractivity contribution in [1.29, 1.82) is 0 Å². The molecule has 2 atom stereocenters. The molecule has 5 heteroatoms. The van der Waals surface area contributed by atoms with E-state index in [1.54, 1.807) is 0 Å². The number of hydrogen-bond acceptors (Lipinski definition) is 2. The molecule has 21 heavy (non-hydrogen) atoms. The Morgan fingerprint density at radius 2 is 2.19 bits per heavy atom. The summed E-state index contributed by atoms with van der Waals surface area (Å²) in [5.74, 6) is -0.587. The van der Waals surface area contributed by atoms with Gasteiger partial charge >= 0.3 is 0 Å². The quantitative estimate of drug-likeness (QED) is 0.928. The van der Waals surface area contributed by atoms with Gasteiger partial charge in [0, 0.05) is 25.6 Å². The van der Waals surface area contributed by atoms with Gasteiger partial charge in [-0.1, -0.05) is 6.92 Å². The predicted molar refractivity (Wildman–Crippen MR) is 77.6 cm³/mol. The van der Waals surface area contributed by atoms with Crippen LogP contribution in [0.5, 0.6) is 0 Å². The van der Waals surface area contributed by atoms with Crippen LogP contribution in [0, 0.1) is 17.6 Å². The average molecular weight is 296 g/mol. The van der Waals surface area contributed by atoms with Gasteiger partial charge in [0.15, 0.2) is 0 Å². The second kappa shape index (κ2) is 6.98. The lowest BCUT2D eigenvalue weighted by atomic mass is 9.90. The van der Waals surface area contributed by atoms with Gasteiger partial charge in [0.25, 0.3) is 0 Å². The number of likely N-dealkylation sites (tertiary alicyclic amines) is 1. The Hall–Kier alpha value is -1.49. The number of amides is 1. The van der Waals surface area contributed by atoms with Crippen molar-refractivity contribution in [2.24, 2.45) is 11.7 Å². The van der Waals surface area contributed by atoms with Gasteiger partial charge in [-0.2, -0.15) is 0 Å². The molecule has 1 aliphatic rings. The van der Waals surface area contributed by atoms with Gasteiger partial charge in [0.05, 0.1) is 0 Å². The van der Waals surface area contributed by atoms with Crippen LogP contribution < -0.4 is 5.73 Å². The molecule has 0 unspecified atom stereocenters. The van der Waals surface area contributed by atoms with E-state index in [1.165, 1.54) is 0 Å². The minimum atomic E-state index is -0.481. The van der Waals surface area contributed by atoms with Crippen molar-refractivity contribution >= 4 is 5.91 Å². The van der Waals surface area contributed by atoms with Crippen molar-refractivity contribution in [2.75, 3.05) is 13.1 Å². The SMILES string of the molecule is C[C@H]1CCCN(C(=O)CCc2cc(F)ccc2F)[C@@H]1CN. The molecule has 2 rings (SSSR count). The first-order chi connectivity index (χ1) is 10.0. The summed E-state index contributed by atoms with van der Waals surface area (Å²) in [7, 11) is 0. The highest BCUT2D eigenvalue weighted by Crippen LogP contribution is 2.23. The summed E-state index contributed by atoms with van der Waals surface area (Å²) in [5, 5.41) is 0. The summed E-state index contributed by atoms with van der Waals surface area (Å²) in [6.45, 7) is 3.25. The standard InChI is InChI=1S/C16H22F2N2O/c1-11-3-2-8-20(15(11)10-19)16(21)7-4-12-9-13(17)5-6-14(12)18/h5-6,9,11,15H,2-4,7-8,10,19H2,1H3/t11-,15+/m0/s1. The Balaban J connectivity index is 1.99. The van der Waals surface area contributed by atoms with Gasteiger partial charge in [-0.3, -0.25) is 4.79 Å². The van der Waals surface area contributed by atoms with Crippen LogP contribution in [0.25, 0.3) is 0 Å². The van der Waals surface area contributed by atoms with E-state index in [0.717, 1.165) is 31.0 Å². The van der Waals surface area contributed by atoms with Crippen LogP contribution in [0.3, 0.4) is 0 Å². The van der Waals surface area contributed by atoms with E-state index < -0.39 is 11.6 Å². The maximum atomic E-state index is 13.6. The first-order valence-electron chi connectivity index (χ1n) is 7.46. The zero-order valence-electron chi connectivity index (χ0n) is 12.3. The lowest BCUT2D eigenvalue weighted by Gasteiger charge is -2.39. The third-order valence-electron chi connectivity index (χ3n) is 4.29. The van der Waals surface area contributed by atoms with E-state index in [2.05, 4.69) is 6.92 Å². The van der Waals surface area contributed by atoms with Crippen LogP contribution in [-0.2, 0) is 11.2 Å². The fraction of sp³-hybridized carbons (Fsp3) is 0.562. The second-order valence-electron chi connectivity index (χ2n) is 5.75. The molecule has 1 amide bonds. The van der Waals surface area contributed by atoms with Gasteiger partial charge < -0.3 is 10.6 Å². The maximum Gasteiger partial charge on any atom is 0.223 e. The molecular weight excluding hydrogens is 274 g/mol. The van der Waals surface area contributed by atoms with E-state index in [9.17, 15) is 13.6 Å². The number of piperidine rings is 1. The molecule has 3 nitrogen and oxygen atoms in total. The molecule has 0 saturated carbocycles. The van der Waals surface area contributed by atoms with Gasteiger partial charge in [0.2, 0.25) is 5.91 Å². The number of carbonyl (C=O) groups is 1. The number of benzene rings is 1. The van der Waals surface area contributed by atoms with E-state index in [1.807, 2.05) is 4.90 Å². The zero-order valence-corrected chi connectivity index (χ0v) is 12.3. The van der Waals surface area contributed by atoms with Crippen LogP contribution in [-0.4, -0.2) is 29.9 Å². The number of carbonyl (C=O) groups excluding carboxylic acids is 1. The molecule has 1 heterocycles. The number of rotatable bonds is 4. The molecule has 1 aromatic rings. The van der Waals surface area contributed by atoms with E-state index in [-0.39, 0.29) is 30.4 Å². The Labute approximate surface area is 124 Å². The lowest BCUT2D eigenvalue weighted by molar-refractivity contribution is -0.136. The summed E-state index contributed by atoms with van der Waals surface area (Å²) in [4.78, 5) is 14.1. The average Bonchev–Trinajstić information content (AvgIpc) is 2.47. The number of aryl methyl sites for hydroxylation is 1. The molecular formula is C16H22F2N2O. The lowest BCUT2D eigenvalue weighted by Crippen LogP contribution is -2.51. The van der Waals surface area contributed by atoms with Crippen molar-refractivity contribution < 1.29 is 13.6 Å².